The predicted molar refractivity (Wildman–Crippen MR) is 79.6 cm³/mol. The van der Waals surface area contributed by atoms with Gasteiger partial charge in [0.25, 0.3) is 0 Å². The SMILES string of the molecule is COc1ccc(F)c(-c2ccc(OCCN)c(OC(F)(F)F)c2)c1. The zero-order chi connectivity index (χ0) is 17.7. The number of nitrogens with two attached hydrogens (primary N) is 1. The molecule has 2 aromatic carbocycles. The summed E-state index contributed by atoms with van der Waals surface area (Å²) in [7, 11) is 1.40. The summed E-state index contributed by atoms with van der Waals surface area (Å²) in [5.74, 6) is -0.946. The highest BCUT2D eigenvalue weighted by Gasteiger charge is 2.32. The highest BCUT2D eigenvalue weighted by molar-refractivity contribution is 5.69. The van der Waals surface area contributed by atoms with Gasteiger partial charge >= 0.3 is 6.36 Å². The number of halogens is 4. The summed E-state index contributed by atoms with van der Waals surface area (Å²) in [5, 5.41) is 0. The summed E-state index contributed by atoms with van der Waals surface area (Å²) >= 11 is 0. The highest BCUT2D eigenvalue weighted by atomic mass is 19.4. The molecule has 8 heteroatoms. The van der Waals surface area contributed by atoms with Gasteiger partial charge in [-0.2, -0.15) is 0 Å². The maximum absolute atomic E-state index is 14.0. The van der Waals surface area contributed by atoms with Crippen molar-refractivity contribution in [2.24, 2.45) is 5.73 Å². The van der Waals surface area contributed by atoms with Crippen LogP contribution in [0.25, 0.3) is 11.1 Å². The molecule has 0 aliphatic heterocycles. The molecule has 130 valence electrons. The quantitative estimate of drug-likeness (QED) is 0.811. The van der Waals surface area contributed by atoms with Crippen molar-refractivity contribution in [2.75, 3.05) is 20.3 Å². The topological polar surface area (TPSA) is 53.7 Å². The Bertz CT molecular complexity index is 704. The molecule has 0 aliphatic carbocycles. The van der Waals surface area contributed by atoms with Crippen molar-refractivity contribution in [1.82, 2.24) is 0 Å². The van der Waals surface area contributed by atoms with Crippen LogP contribution in [0, 0.1) is 5.82 Å². The van der Waals surface area contributed by atoms with E-state index in [1.54, 1.807) is 0 Å². The van der Waals surface area contributed by atoms with Crippen LogP contribution in [-0.2, 0) is 0 Å². The first-order chi connectivity index (χ1) is 11.3. The molecule has 0 radical (unpaired) electrons. The fraction of sp³-hybridized carbons (Fsp3) is 0.250. The van der Waals surface area contributed by atoms with Gasteiger partial charge in [0.05, 0.1) is 7.11 Å². The normalized spacial score (nSPS) is 11.2. The Morgan fingerprint density at radius 2 is 1.79 bits per heavy atom. The van der Waals surface area contributed by atoms with Crippen LogP contribution in [0.4, 0.5) is 17.6 Å². The van der Waals surface area contributed by atoms with Gasteiger partial charge in [-0.25, -0.2) is 4.39 Å². The van der Waals surface area contributed by atoms with Crippen LogP contribution < -0.4 is 19.9 Å². The predicted octanol–water partition coefficient (Wildman–Crippen LogP) is 3.74. The van der Waals surface area contributed by atoms with Gasteiger partial charge in [-0.15, -0.1) is 13.2 Å². The first-order valence-electron chi connectivity index (χ1n) is 6.90. The Balaban J connectivity index is 2.46. The average molecular weight is 345 g/mol. The molecule has 2 rings (SSSR count). The van der Waals surface area contributed by atoms with Crippen molar-refractivity contribution in [1.29, 1.82) is 0 Å². The molecule has 4 nitrogen and oxygen atoms in total. The minimum Gasteiger partial charge on any atom is -0.497 e. The van der Waals surface area contributed by atoms with Gasteiger partial charge in [0.2, 0.25) is 0 Å². The molecule has 0 fully saturated rings. The lowest BCUT2D eigenvalue weighted by Gasteiger charge is -2.15. The van der Waals surface area contributed by atoms with Gasteiger partial charge < -0.3 is 19.9 Å². The summed E-state index contributed by atoms with van der Waals surface area (Å²) in [6.45, 7) is 0.138. The molecule has 2 N–H and O–H groups in total. The molecular formula is C16H15F4NO3. The smallest absolute Gasteiger partial charge is 0.497 e. The molecule has 0 bridgehead atoms. The van der Waals surface area contributed by atoms with Crippen molar-refractivity contribution in [3.05, 3.63) is 42.2 Å². The van der Waals surface area contributed by atoms with Crippen molar-refractivity contribution < 1.29 is 31.8 Å². The maximum Gasteiger partial charge on any atom is 0.573 e. The minimum absolute atomic E-state index is 0.0150. The van der Waals surface area contributed by atoms with E-state index in [1.165, 1.54) is 31.4 Å². The van der Waals surface area contributed by atoms with Crippen LogP contribution in [0.5, 0.6) is 17.2 Å². The average Bonchev–Trinajstić information content (AvgIpc) is 2.52. The molecule has 0 heterocycles. The molecule has 0 aliphatic rings. The lowest BCUT2D eigenvalue weighted by Crippen LogP contribution is -2.18. The highest BCUT2D eigenvalue weighted by Crippen LogP contribution is 2.37. The Hall–Kier alpha value is -2.48. The lowest BCUT2D eigenvalue weighted by molar-refractivity contribution is -0.275. The number of hydrogen-bond donors (Lipinski definition) is 1. The third kappa shape index (κ3) is 4.51. The number of ether oxygens (including phenoxy) is 3. The van der Waals surface area contributed by atoms with Crippen molar-refractivity contribution in [3.63, 3.8) is 0 Å². The standard InChI is InChI=1S/C16H15F4NO3/c1-22-11-3-4-13(17)12(9-11)10-2-5-14(23-7-6-21)15(8-10)24-16(18,19)20/h2-5,8-9H,6-7,21H2,1H3. The fourth-order valence-electron chi connectivity index (χ4n) is 2.02. The summed E-state index contributed by atoms with van der Waals surface area (Å²) in [5.41, 5.74) is 5.54. The summed E-state index contributed by atoms with van der Waals surface area (Å²) in [6.07, 6.45) is -4.91. The van der Waals surface area contributed by atoms with Crippen molar-refractivity contribution in [2.45, 2.75) is 6.36 Å². The Morgan fingerprint density at radius 1 is 1.04 bits per heavy atom. The first kappa shape index (κ1) is 17.9. The fourth-order valence-corrected chi connectivity index (χ4v) is 2.02. The van der Waals surface area contributed by atoms with E-state index < -0.39 is 17.9 Å². The van der Waals surface area contributed by atoms with Crippen LogP contribution in [0.15, 0.2) is 36.4 Å². The maximum atomic E-state index is 14.0. The molecule has 0 saturated heterocycles. The third-order valence-corrected chi connectivity index (χ3v) is 3.03. The zero-order valence-electron chi connectivity index (χ0n) is 12.7. The first-order valence-corrected chi connectivity index (χ1v) is 6.90. The molecular weight excluding hydrogens is 330 g/mol. The molecule has 24 heavy (non-hydrogen) atoms. The number of hydrogen-bond acceptors (Lipinski definition) is 4. The van der Waals surface area contributed by atoms with E-state index in [0.29, 0.717) is 5.75 Å². The van der Waals surface area contributed by atoms with Crippen LogP contribution in [0.2, 0.25) is 0 Å². The van der Waals surface area contributed by atoms with E-state index in [-0.39, 0.29) is 30.0 Å². The Kier molecular flexibility index (Phi) is 5.50. The molecule has 0 saturated carbocycles. The van der Waals surface area contributed by atoms with Gasteiger partial charge in [0, 0.05) is 12.1 Å². The van der Waals surface area contributed by atoms with Crippen LogP contribution in [-0.4, -0.2) is 26.6 Å². The Morgan fingerprint density at radius 3 is 2.42 bits per heavy atom. The lowest BCUT2D eigenvalue weighted by atomic mass is 10.0. The molecule has 0 amide bonds. The number of alkyl halides is 3. The zero-order valence-corrected chi connectivity index (χ0v) is 12.7. The van der Waals surface area contributed by atoms with Crippen LogP contribution >= 0.6 is 0 Å². The van der Waals surface area contributed by atoms with Gasteiger partial charge in [-0.05, 0) is 35.9 Å². The Labute approximate surface area is 135 Å². The second kappa shape index (κ2) is 7.39. The van der Waals surface area contributed by atoms with Gasteiger partial charge in [-0.3, -0.25) is 0 Å². The largest absolute Gasteiger partial charge is 0.573 e. The molecule has 2 aromatic rings. The van der Waals surface area contributed by atoms with Crippen molar-refractivity contribution >= 4 is 0 Å². The number of methoxy groups -OCH3 is 1. The molecule has 0 aromatic heterocycles. The van der Waals surface area contributed by atoms with E-state index in [2.05, 4.69) is 4.74 Å². The minimum atomic E-state index is -4.91. The summed E-state index contributed by atoms with van der Waals surface area (Å²) in [4.78, 5) is 0. The van der Waals surface area contributed by atoms with E-state index in [4.69, 9.17) is 15.2 Å². The summed E-state index contributed by atoms with van der Waals surface area (Å²) < 4.78 is 65.8. The number of benzene rings is 2. The van der Waals surface area contributed by atoms with E-state index in [0.717, 1.165) is 12.1 Å². The van der Waals surface area contributed by atoms with Crippen LogP contribution in [0.1, 0.15) is 0 Å². The van der Waals surface area contributed by atoms with Gasteiger partial charge in [0.1, 0.15) is 18.2 Å². The van der Waals surface area contributed by atoms with E-state index >= 15 is 0 Å². The second-order valence-corrected chi connectivity index (χ2v) is 4.69. The molecule has 0 unspecified atom stereocenters. The second-order valence-electron chi connectivity index (χ2n) is 4.69. The van der Waals surface area contributed by atoms with Crippen LogP contribution in [0.3, 0.4) is 0 Å². The van der Waals surface area contributed by atoms with Gasteiger partial charge in [0.15, 0.2) is 11.5 Å². The monoisotopic (exact) mass is 345 g/mol. The van der Waals surface area contributed by atoms with Crippen molar-refractivity contribution in [3.8, 4) is 28.4 Å². The number of rotatable bonds is 6. The van der Waals surface area contributed by atoms with Gasteiger partial charge in [-0.1, -0.05) is 6.07 Å². The third-order valence-electron chi connectivity index (χ3n) is 3.03. The molecule has 0 spiro atoms. The summed E-state index contributed by atoms with van der Waals surface area (Å²) in [6, 6.07) is 7.69. The van der Waals surface area contributed by atoms with E-state index in [1.807, 2.05) is 0 Å². The van der Waals surface area contributed by atoms with E-state index in [9.17, 15) is 17.6 Å². The molecule has 0 atom stereocenters.